The number of hydrogen-bond acceptors (Lipinski definition) is 1. The average Bonchev–Trinajstić information content (AvgIpc) is 2.15. The van der Waals surface area contributed by atoms with Crippen LogP contribution in [0.25, 0.3) is 0 Å². The summed E-state index contributed by atoms with van der Waals surface area (Å²) in [5.41, 5.74) is 5.83. The van der Waals surface area contributed by atoms with Crippen LogP contribution in [-0.4, -0.2) is 18.0 Å². The van der Waals surface area contributed by atoms with Gasteiger partial charge in [-0.2, -0.15) is 0 Å². The van der Waals surface area contributed by atoms with Crippen molar-refractivity contribution >= 4 is 5.96 Å². The molecule has 0 heterocycles. The molecule has 3 N–H and O–H groups in total. The third-order valence-electron chi connectivity index (χ3n) is 2.57. The number of nitrogens with zero attached hydrogens (tertiary/aromatic N) is 1. The summed E-state index contributed by atoms with van der Waals surface area (Å²) in [6.45, 7) is 11.6. The van der Waals surface area contributed by atoms with E-state index in [0.29, 0.717) is 11.9 Å². The van der Waals surface area contributed by atoms with E-state index in [9.17, 15) is 0 Å². The molecule has 0 aliphatic rings. The molecule has 0 fully saturated rings. The summed E-state index contributed by atoms with van der Waals surface area (Å²) in [6, 6.07) is 0. The van der Waals surface area contributed by atoms with Gasteiger partial charge in [-0.15, -0.1) is 0 Å². The van der Waals surface area contributed by atoms with Crippen molar-refractivity contribution < 1.29 is 0 Å². The fourth-order valence-corrected chi connectivity index (χ4v) is 1.57. The summed E-state index contributed by atoms with van der Waals surface area (Å²) in [7, 11) is 0. The van der Waals surface area contributed by atoms with E-state index in [4.69, 9.17) is 5.73 Å². The molecule has 0 rings (SSSR count). The second kappa shape index (κ2) is 7.53. The van der Waals surface area contributed by atoms with Crippen LogP contribution in [0.5, 0.6) is 0 Å². The normalized spacial score (nSPS) is 14.9. The minimum atomic E-state index is -0.00128. The number of nitrogens with one attached hydrogen (secondary N) is 1. The molecule has 0 saturated heterocycles. The van der Waals surface area contributed by atoms with Crippen LogP contribution in [0, 0.1) is 5.92 Å². The van der Waals surface area contributed by atoms with Crippen LogP contribution in [0.3, 0.4) is 0 Å². The van der Waals surface area contributed by atoms with Gasteiger partial charge < -0.3 is 11.1 Å². The highest BCUT2D eigenvalue weighted by Crippen LogP contribution is 2.12. The van der Waals surface area contributed by atoms with Gasteiger partial charge in [0.05, 0.1) is 0 Å². The molecule has 96 valence electrons. The topological polar surface area (TPSA) is 50.4 Å². The summed E-state index contributed by atoms with van der Waals surface area (Å²) < 4.78 is 0. The SMILES string of the molecule is CCCCC(CC)CN=C(N)NC(C)(C)C. The van der Waals surface area contributed by atoms with Gasteiger partial charge in [0.25, 0.3) is 0 Å². The summed E-state index contributed by atoms with van der Waals surface area (Å²) >= 11 is 0. The van der Waals surface area contributed by atoms with E-state index in [0.717, 1.165) is 6.54 Å². The molecule has 0 aromatic heterocycles. The van der Waals surface area contributed by atoms with Gasteiger partial charge in [-0.05, 0) is 33.1 Å². The Morgan fingerprint density at radius 1 is 1.31 bits per heavy atom. The highest BCUT2D eigenvalue weighted by atomic mass is 15.1. The molecule has 3 heteroatoms. The van der Waals surface area contributed by atoms with Gasteiger partial charge in [-0.3, -0.25) is 4.99 Å². The lowest BCUT2D eigenvalue weighted by molar-refractivity contribution is 0.458. The van der Waals surface area contributed by atoms with Gasteiger partial charge in [0.2, 0.25) is 0 Å². The van der Waals surface area contributed by atoms with E-state index < -0.39 is 0 Å². The minimum absolute atomic E-state index is 0.00128. The number of aliphatic imine (C=N–C) groups is 1. The predicted molar refractivity (Wildman–Crippen MR) is 72.7 cm³/mol. The number of guanidine groups is 1. The van der Waals surface area contributed by atoms with Gasteiger partial charge >= 0.3 is 0 Å². The highest BCUT2D eigenvalue weighted by molar-refractivity contribution is 5.78. The van der Waals surface area contributed by atoms with Crippen molar-refractivity contribution in [1.29, 1.82) is 0 Å². The fraction of sp³-hybridized carbons (Fsp3) is 0.923. The van der Waals surface area contributed by atoms with E-state index in [1.54, 1.807) is 0 Å². The zero-order valence-electron chi connectivity index (χ0n) is 11.6. The molecule has 0 aromatic rings. The van der Waals surface area contributed by atoms with Crippen LogP contribution in [0.15, 0.2) is 4.99 Å². The standard InChI is InChI=1S/C13H29N3/c1-6-8-9-11(7-2)10-15-12(14)16-13(3,4)5/h11H,6-10H2,1-5H3,(H3,14,15,16). The molecule has 1 unspecified atom stereocenters. The smallest absolute Gasteiger partial charge is 0.188 e. The first-order valence-electron chi connectivity index (χ1n) is 6.47. The molecule has 1 atom stereocenters. The first-order chi connectivity index (χ1) is 7.39. The molecule has 0 bridgehead atoms. The van der Waals surface area contributed by atoms with Crippen LogP contribution in [0.4, 0.5) is 0 Å². The molecular formula is C13H29N3. The number of rotatable bonds is 6. The Hall–Kier alpha value is -0.730. The van der Waals surface area contributed by atoms with Crippen LogP contribution >= 0.6 is 0 Å². The Bertz CT molecular complexity index is 204. The third-order valence-corrected chi connectivity index (χ3v) is 2.57. The average molecular weight is 227 g/mol. The van der Waals surface area contributed by atoms with E-state index in [-0.39, 0.29) is 5.54 Å². The first kappa shape index (κ1) is 15.3. The molecule has 0 saturated carbocycles. The van der Waals surface area contributed by atoms with Crippen LogP contribution < -0.4 is 11.1 Å². The van der Waals surface area contributed by atoms with Crippen molar-refractivity contribution in [2.45, 2.75) is 65.8 Å². The molecule has 0 aliphatic carbocycles. The quantitative estimate of drug-likeness (QED) is 0.541. The Kier molecular flexibility index (Phi) is 7.18. The lowest BCUT2D eigenvalue weighted by Gasteiger charge is -2.21. The van der Waals surface area contributed by atoms with Gasteiger partial charge in [-0.25, -0.2) is 0 Å². The zero-order valence-corrected chi connectivity index (χ0v) is 11.6. The molecule has 0 amide bonds. The third kappa shape index (κ3) is 8.57. The van der Waals surface area contributed by atoms with Crippen molar-refractivity contribution in [3.63, 3.8) is 0 Å². The zero-order chi connectivity index (χ0) is 12.6. The Morgan fingerprint density at radius 2 is 1.94 bits per heavy atom. The number of unbranched alkanes of at least 4 members (excludes halogenated alkanes) is 1. The second-order valence-electron chi connectivity index (χ2n) is 5.52. The van der Waals surface area contributed by atoms with Gasteiger partial charge in [0.1, 0.15) is 0 Å². The molecule has 0 radical (unpaired) electrons. The molecule has 3 nitrogen and oxygen atoms in total. The molecule has 0 aliphatic heterocycles. The highest BCUT2D eigenvalue weighted by Gasteiger charge is 2.10. The molecule has 0 aromatic carbocycles. The van der Waals surface area contributed by atoms with E-state index in [1.807, 2.05) is 0 Å². The summed E-state index contributed by atoms with van der Waals surface area (Å²) in [5, 5.41) is 3.18. The lowest BCUT2D eigenvalue weighted by atomic mass is 10.00. The molecule has 0 spiro atoms. The number of nitrogens with two attached hydrogens (primary N) is 1. The van der Waals surface area contributed by atoms with Crippen molar-refractivity contribution in [2.24, 2.45) is 16.6 Å². The van der Waals surface area contributed by atoms with Gasteiger partial charge in [0.15, 0.2) is 5.96 Å². The van der Waals surface area contributed by atoms with Crippen LogP contribution in [0.2, 0.25) is 0 Å². The summed E-state index contributed by atoms with van der Waals surface area (Å²) in [4.78, 5) is 4.42. The van der Waals surface area contributed by atoms with Crippen LogP contribution in [-0.2, 0) is 0 Å². The van der Waals surface area contributed by atoms with E-state index in [1.165, 1.54) is 25.7 Å². The minimum Gasteiger partial charge on any atom is -0.370 e. The monoisotopic (exact) mass is 227 g/mol. The Balaban J connectivity index is 4.01. The van der Waals surface area contributed by atoms with Gasteiger partial charge in [-0.1, -0.05) is 33.1 Å². The van der Waals surface area contributed by atoms with Crippen LogP contribution in [0.1, 0.15) is 60.3 Å². The molecule has 16 heavy (non-hydrogen) atoms. The lowest BCUT2D eigenvalue weighted by Crippen LogP contribution is -2.45. The van der Waals surface area contributed by atoms with Crippen molar-refractivity contribution in [1.82, 2.24) is 5.32 Å². The predicted octanol–water partition coefficient (Wildman–Crippen LogP) is 2.91. The Morgan fingerprint density at radius 3 is 2.38 bits per heavy atom. The molecular weight excluding hydrogens is 198 g/mol. The summed E-state index contributed by atoms with van der Waals surface area (Å²) in [6.07, 6.45) is 5.00. The van der Waals surface area contributed by atoms with Crippen molar-refractivity contribution in [3.8, 4) is 0 Å². The van der Waals surface area contributed by atoms with E-state index in [2.05, 4.69) is 44.9 Å². The maximum atomic E-state index is 5.83. The maximum absolute atomic E-state index is 5.83. The second-order valence-corrected chi connectivity index (χ2v) is 5.52. The first-order valence-corrected chi connectivity index (χ1v) is 6.47. The van der Waals surface area contributed by atoms with Crippen molar-refractivity contribution in [3.05, 3.63) is 0 Å². The Labute approximate surface area is 101 Å². The van der Waals surface area contributed by atoms with Gasteiger partial charge in [0, 0.05) is 12.1 Å². The van der Waals surface area contributed by atoms with E-state index >= 15 is 0 Å². The number of hydrogen-bond donors (Lipinski definition) is 2. The summed E-state index contributed by atoms with van der Waals surface area (Å²) in [5.74, 6) is 1.25. The fourth-order valence-electron chi connectivity index (χ4n) is 1.57. The maximum Gasteiger partial charge on any atom is 0.188 e. The largest absolute Gasteiger partial charge is 0.370 e. The van der Waals surface area contributed by atoms with Crippen molar-refractivity contribution in [2.75, 3.05) is 6.54 Å².